The van der Waals surface area contributed by atoms with E-state index < -0.39 is 4.92 Å². The Balaban J connectivity index is 1.64. The van der Waals surface area contributed by atoms with Crippen LogP contribution < -0.4 is 0 Å². The SMILES string of the molecule is CCn1cc(-c2c3c(nc4ncn5nc(-c6ccc([N+](=O)[O-])cc6)nc5c24)CCCC3)c(C)n1. The lowest BCUT2D eigenvalue weighted by Crippen LogP contribution is -2.10. The van der Waals surface area contributed by atoms with E-state index in [0.717, 1.165) is 60.1 Å². The summed E-state index contributed by atoms with van der Waals surface area (Å²) in [6.45, 7) is 4.89. The zero-order valence-electron chi connectivity index (χ0n) is 18.9. The normalized spacial score (nSPS) is 13.5. The van der Waals surface area contributed by atoms with Crippen LogP contribution in [0.3, 0.4) is 0 Å². The third-order valence-electron chi connectivity index (χ3n) is 6.48. The van der Waals surface area contributed by atoms with Crippen molar-refractivity contribution in [3.8, 4) is 22.5 Å². The zero-order valence-corrected chi connectivity index (χ0v) is 18.9. The first-order chi connectivity index (χ1) is 16.5. The number of pyridine rings is 1. The molecule has 0 amide bonds. The number of aromatic nitrogens is 7. The van der Waals surface area contributed by atoms with E-state index in [1.807, 2.05) is 11.6 Å². The molecule has 0 unspecified atom stereocenters. The fourth-order valence-corrected chi connectivity index (χ4v) is 4.79. The number of hydrogen-bond donors (Lipinski definition) is 0. The molecule has 6 rings (SSSR count). The number of hydrogen-bond acceptors (Lipinski definition) is 7. The van der Waals surface area contributed by atoms with Crippen LogP contribution in [0.4, 0.5) is 5.69 Å². The van der Waals surface area contributed by atoms with Gasteiger partial charge in [-0.25, -0.2) is 19.5 Å². The Morgan fingerprint density at radius 1 is 1.09 bits per heavy atom. The maximum Gasteiger partial charge on any atom is 0.269 e. The van der Waals surface area contributed by atoms with Crippen molar-refractivity contribution in [2.24, 2.45) is 0 Å². The molecule has 0 saturated carbocycles. The number of rotatable bonds is 4. The van der Waals surface area contributed by atoms with Gasteiger partial charge in [0.05, 0.1) is 16.0 Å². The lowest BCUT2D eigenvalue weighted by atomic mass is 9.87. The minimum atomic E-state index is -0.418. The van der Waals surface area contributed by atoms with Gasteiger partial charge in [0, 0.05) is 47.3 Å². The molecule has 0 fully saturated rings. The zero-order chi connectivity index (χ0) is 23.4. The molecule has 1 aromatic carbocycles. The van der Waals surface area contributed by atoms with Gasteiger partial charge in [0.2, 0.25) is 0 Å². The topological polar surface area (TPSA) is 117 Å². The highest BCUT2D eigenvalue weighted by molar-refractivity contribution is 6.04. The van der Waals surface area contributed by atoms with E-state index in [2.05, 4.69) is 23.2 Å². The van der Waals surface area contributed by atoms with Crippen LogP contribution >= 0.6 is 0 Å². The molecular formula is C24H22N8O2. The van der Waals surface area contributed by atoms with E-state index in [1.165, 1.54) is 17.7 Å². The molecule has 0 aliphatic heterocycles. The Morgan fingerprint density at radius 2 is 1.88 bits per heavy atom. The Hall–Kier alpha value is -4.21. The van der Waals surface area contributed by atoms with Gasteiger partial charge in [-0.05, 0) is 57.2 Å². The number of non-ortho nitro benzene ring substituents is 1. The van der Waals surface area contributed by atoms with Crippen molar-refractivity contribution in [2.45, 2.75) is 46.1 Å². The van der Waals surface area contributed by atoms with Crippen molar-refractivity contribution >= 4 is 22.4 Å². The molecule has 0 N–H and O–H groups in total. The van der Waals surface area contributed by atoms with E-state index in [1.54, 1.807) is 23.0 Å². The molecule has 1 aliphatic rings. The average molecular weight is 454 g/mol. The summed E-state index contributed by atoms with van der Waals surface area (Å²) in [5, 5.41) is 21.2. The Labute approximate surface area is 194 Å². The summed E-state index contributed by atoms with van der Waals surface area (Å²) >= 11 is 0. The predicted molar refractivity (Wildman–Crippen MR) is 126 cm³/mol. The van der Waals surface area contributed by atoms with Crippen molar-refractivity contribution in [3.05, 3.63) is 63.9 Å². The number of nitro groups is 1. The van der Waals surface area contributed by atoms with Crippen LogP contribution in [0.25, 0.3) is 39.2 Å². The lowest BCUT2D eigenvalue weighted by molar-refractivity contribution is -0.384. The van der Waals surface area contributed by atoms with Crippen molar-refractivity contribution in [2.75, 3.05) is 0 Å². The van der Waals surface area contributed by atoms with Crippen LogP contribution in [0.2, 0.25) is 0 Å². The van der Waals surface area contributed by atoms with E-state index in [4.69, 9.17) is 15.1 Å². The number of benzene rings is 1. The second kappa shape index (κ2) is 7.68. The minimum Gasteiger partial charge on any atom is -0.272 e. The average Bonchev–Trinajstić information content (AvgIpc) is 3.46. The van der Waals surface area contributed by atoms with Gasteiger partial charge in [0.25, 0.3) is 5.69 Å². The molecule has 4 heterocycles. The molecule has 0 radical (unpaired) electrons. The van der Waals surface area contributed by atoms with Crippen LogP contribution in [-0.2, 0) is 19.4 Å². The Morgan fingerprint density at radius 3 is 2.62 bits per heavy atom. The van der Waals surface area contributed by atoms with Crippen LogP contribution in [-0.4, -0.2) is 39.3 Å². The Kier molecular flexibility index (Phi) is 4.61. The Bertz CT molecular complexity index is 1580. The molecule has 5 aromatic rings. The fraction of sp³-hybridized carbons (Fsp3) is 0.292. The molecule has 34 heavy (non-hydrogen) atoms. The molecule has 0 spiro atoms. The summed E-state index contributed by atoms with van der Waals surface area (Å²) < 4.78 is 3.62. The fourth-order valence-electron chi connectivity index (χ4n) is 4.79. The van der Waals surface area contributed by atoms with Crippen molar-refractivity contribution < 1.29 is 4.92 Å². The van der Waals surface area contributed by atoms with Crippen LogP contribution in [0, 0.1) is 17.0 Å². The molecular weight excluding hydrogens is 432 g/mol. The second-order valence-electron chi connectivity index (χ2n) is 8.55. The van der Waals surface area contributed by atoms with Crippen LogP contribution in [0.5, 0.6) is 0 Å². The first kappa shape index (κ1) is 20.4. The molecule has 0 atom stereocenters. The van der Waals surface area contributed by atoms with Crippen molar-refractivity contribution in [1.82, 2.24) is 34.3 Å². The summed E-state index contributed by atoms with van der Waals surface area (Å²) in [4.78, 5) is 25.0. The highest BCUT2D eigenvalue weighted by Crippen LogP contribution is 2.39. The number of nitro benzene ring substituents is 1. The molecule has 1 aliphatic carbocycles. The summed E-state index contributed by atoms with van der Waals surface area (Å²) in [5.41, 5.74) is 7.51. The van der Waals surface area contributed by atoms with Gasteiger partial charge in [-0.2, -0.15) is 5.10 Å². The first-order valence-electron chi connectivity index (χ1n) is 11.4. The lowest BCUT2D eigenvalue weighted by Gasteiger charge is -2.20. The quantitative estimate of drug-likeness (QED) is 0.293. The van der Waals surface area contributed by atoms with Crippen LogP contribution in [0.1, 0.15) is 36.7 Å². The molecule has 4 aromatic heterocycles. The van der Waals surface area contributed by atoms with Gasteiger partial charge >= 0.3 is 0 Å². The highest BCUT2D eigenvalue weighted by atomic mass is 16.6. The van der Waals surface area contributed by atoms with Gasteiger partial charge in [0.1, 0.15) is 6.33 Å². The summed E-state index contributed by atoms with van der Waals surface area (Å²) in [6, 6.07) is 6.25. The van der Waals surface area contributed by atoms with E-state index in [9.17, 15) is 10.1 Å². The molecule has 0 saturated heterocycles. The number of fused-ring (bicyclic) bond motifs is 4. The number of nitrogens with zero attached hydrogens (tertiary/aromatic N) is 8. The summed E-state index contributed by atoms with van der Waals surface area (Å²) in [6.07, 6.45) is 7.85. The van der Waals surface area contributed by atoms with Gasteiger partial charge in [0.15, 0.2) is 17.1 Å². The highest BCUT2D eigenvalue weighted by Gasteiger charge is 2.25. The minimum absolute atomic E-state index is 0.0288. The predicted octanol–water partition coefficient (Wildman–Crippen LogP) is 4.32. The summed E-state index contributed by atoms with van der Waals surface area (Å²) in [7, 11) is 0. The number of aryl methyl sites for hydroxylation is 3. The van der Waals surface area contributed by atoms with Gasteiger partial charge in [-0.3, -0.25) is 14.8 Å². The monoisotopic (exact) mass is 454 g/mol. The molecule has 10 heteroatoms. The van der Waals surface area contributed by atoms with Crippen molar-refractivity contribution in [3.63, 3.8) is 0 Å². The van der Waals surface area contributed by atoms with Gasteiger partial charge in [-0.15, -0.1) is 5.10 Å². The first-order valence-corrected chi connectivity index (χ1v) is 11.4. The molecule has 0 bridgehead atoms. The third-order valence-corrected chi connectivity index (χ3v) is 6.48. The van der Waals surface area contributed by atoms with Gasteiger partial charge in [-0.1, -0.05) is 0 Å². The maximum absolute atomic E-state index is 11.0. The van der Waals surface area contributed by atoms with E-state index >= 15 is 0 Å². The second-order valence-corrected chi connectivity index (χ2v) is 8.55. The summed E-state index contributed by atoms with van der Waals surface area (Å²) in [5.74, 6) is 0.480. The molecule has 10 nitrogen and oxygen atoms in total. The van der Waals surface area contributed by atoms with E-state index in [-0.39, 0.29) is 5.69 Å². The van der Waals surface area contributed by atoms with Crippen LogP contribution in [0.15, 0.2) is 36.8 Å². The third kappa shape index (κ3) is 3.13. The van der Waals surface area contributed by atoms with E-state index in [0.29, 0.717) is 22.7 Å². The largest absolute Gasteiger partial charge is 0.272 e. The van der Waals surface area contributed by atoms with Crippen molar-refractivity contribution in [1.29, 1.82) is 0 Å². The van der Waals surface area contributed by atoms with Gasteiger partial charge < -0.3 is 0 Å². The molecule has 170 valence electrons. The maximum atomic E-state index is 11.0. The standard InChI is InChI=1S/C24H22N8O2/c1-3-30-12-18(14(2)28-30)20-17-6-4-5-7-19(17)26-23-21(20)24-27-22(29-31(24)13-25-23)15-8-10-16(11-9-15)32(33)34/h8-13H,3-7H2,1-2H3. The smallest absolute Gasteiger partial charge is 0.269 e.